The second kappa shape index (κ2) is 6.61. The van der Waals surface area contributed by atoms with Gasteiger partial charge in [-0.15, -0.1) is 0 Å². The van der Waals surface area contributed by atoms with Crippen LogP contribution in [-0.2, 0) is 14.3 Å². The molecule has 26 heavy (non-hydrogen) atoms. The normalized spacial score (nSPS) is 44.8. The van der Waals surface area contributed by atoms with Crippen molar-refractivity contribution in [2.75, 3.05) is 6.67 Å². The van der Waals surface area contributed by atoms with E-state index in [0.717, 1.165) is 24.8 Å². The lowest BCUT2D eigenvalue weighted by atomic mass is 9.49. The molecule has 0 unspecified atom stereocenters. The van der Waals surface area contributed by atoms with Crippen molar-refractivity contribution in [2.45, 2.75) is 59.0 Å². The van der Waals surface area contributed by atoms with Crippen LogP contribution in [0, 0.1) is 34.5 Å². The molecular formula is C22H31FO3. The van der Waals surface area contributed by atoms with Crippen LogP contribution < -0.4 is 0 Å². The summed E-state index contributed by atoms with van der Waals surface area (Å²) >= 11 is 0. The molecule has 0 aromatic carbocycles. The molecule has 0 N–H and O–H groups in total. The number of alkyl halides is 1. The highest BCUT2D eigenvalue weighted by Crippen LogP contribution is 2.68. The maximum Gasteiger partial charge on any atom is 0.337 e. The Balaban J connectivity index is 2.16. The number of carbonyl (C=O) groups excluding carboxylic acids is 2. The number of hydrogen-bond donors (Lipinski definition) is 0. The molecule has 3 fully saturated rings. The molecular weight excluding hydrogens is 331 g/mol. The number of halogens is 1. The fourth-order valence-corrected chi connectivity index (χ4v) is 6.58. The fraction of sp³-hybridized carbons (Fsp3) is 0.727. The van der Waals surface area contributed by atoms with E-state index >= 15 is 0 Å². The minimum absolute atomic E-state index is 0.0775. The Morgan fingerprint density at radius 2 is 2.08 bits per heavy atom. The van der Waals surface area contributed by atoms with E-state index in [-0.39, 0.29) is 34.9 Å². The maximum absolute atomic E-state index is 13.1. The van der Waals surface area contributed by atoms with Crippen molar-refractivity contribution in [3.05, 3.63) is 24.8 Å². The molecule has 7 atom stereocenters. The number of hydrogen-bond acceptors (Lipinski definition) is 3. The van der Waals surface area contributed by atoms with Gasteiger partial charge in [-0.05, 0) is 48.9 Å². The van der Waals surface area contributed by atoms with Crippen LogP contribution in [0.3, 0.4) is 0 Å². The number of ether oxygens (including phenoxy) is 1. The van der Waals surface area contributed by atoms with Crippen molar-refractivity contribution in [1.29, 1.82) is 0 Å². The van der Waals surface area contributed by atoms with Crippen LogP contribution in [0.15, 0.2) is 24.8 Å². The minimum atomic E-state index is -1.13. The first kappa shape index (κ1) is 19.3. The van der Waals surface area contributed by atoms with E-state index < -0.39 is 24.2 Å². The van der Waals surface area contributed by atoms with Crippen molar-refractivity contribution in [3.8, 4) is 0 Å². The summed E-state index contributed by atoms with van der Waals surface area (Å²) in [6, 6.07) is 0. The van der Waals surface area contributed by atoms with Crippen LogP contribution in [0.5, 0.6) is 0 Å². The molecule has 144 valence electrons. The van der Waals surface area contributed by atoms with Crippen molar-refractivity contribution in [2.24, 2.45) is 34.5 Å². The summed E-state index contributed by atoms with van der Waals surface area (Å²) in [6.45, 7) is 13.4. The summed E-state index contributed by atoms with van der Waals surface area (Å²) in [4.78, 5) is 24.9. The summed E-state index contributed by atoms with van der Waals surface area (Å²) in [6.07, 6.45) is 5.40. The molecule has 3 rings (SSSR count). The van der Waals surface area contributed by atoms with Crippen LogP contribution in [0.25, 0.3) is 0 Å². The molecule has 2 bridgehead atoms. The third kappa shape index (κ3) is 2.51. The molecule has 0 aromatic rings. The number of Topliss-reactive ketones (excluding diaryl/α,β-unsaturated/α-hetero) is 1. The number of esters is 1. The first-order valence-electron chi connectivity index (χ1n) is 9.81. The number of allylic oxidation sites excluding steroid dienone is 2. The Bertz CT molecular complexity index is 641. The second-order valence-electron chi connectivity index (χ2n) is 8.96. The molecule has 3 saturated carbocycles. The van der Waals surface area contributed by atoms with Crippen molar-refractivity contribution in [3.63, 3.8) is 0 Å². The predicted octanol–water partition coefficient (Wildman–Crippen LogP) is 4.67. The predicted molar refractivity (Wildman–Crippen MR) is 99.1 cm³/mol. The quantitative estimate of drug-likeness (QED) is 0.539. The number of ketones is 1. The zero-order valence-electron chi connectivity index (χ0n) is 16.2. The molecule has 0 spiro atoms. The topological polar surface area (TPSA) is 43.4 Å². The lowest BCUT2D eigenvalue weighted by Gasteiger charge is -2.55. The zero-order chi connectivity index (χ0) is 19.3. The first-order chi connectivity index (χ1) is 12.2. The summed E-state index contributed by atoms with van der Waals surface area (Å²) in [5, 5.41) is 0. The van der Waals surface area contributed by atoms with Gasteiger partial charge in [0.15, 0.2) is 6.67 Å². The smallest absolute Gasteiger partial charge is 0.337 e. The van der Waals surface area contributed by atoms with Gasteiger partial charge in [0.2, 0.25) is 0 Å². The standard InChI is InChI=1S/C22H31FO3/c1-6-13(2)16-11-18(26-19(25)12-23)21(5)14(3)7-9-22(15(16)4)10-8-17(24)20(21)22/h6,14-16,18,20H,1-2,7-12H2,3-5H3/t14-,15+,16+,18-,20+,21+,22+/m1/s1. The van der Waals surface area contributed by atoms with Gasteiger partial charge >= 0.3 is 5.97 Å². The van der Waals surface area contributed by atoms with Crippen molar-refractivity contribution < 1.29 is 18.7 Å². The molecule has 0 radical (unpaired) electrons. The Morgan fingerprint density at radius 3 is 2.69 bits per heavy atom. The Morgan fingerprint density at radius 1 is 1.38 bits per heavy atom. The van der Waals surface area contributed by atoms with Gasteiger partial charge in [0.05, 0.1) is 0 Å². The van der Waals surface area contributed by atoms with E-state index in [4.69, 9.17) is 4.74 Å². The van der Waals surface area contributed by atoms with Gasteiger partial charge in [-0.2, -0.15) is 0 Å². The molecule has 3 nitrogen and oxygen atoms in total. The van der Waals surface area contributed by atoms with Gasteiger partial charge in [0.25, 0.3) is 0 Å². The molecule has 0 aromatic heterocycles. The largest absolute Gasteiger partial charge is 0.460 e. The average Bonchev–Trinajstić information content (AvgIpc) is 2.96. The van der Waals surface area contributed by atoms with Crippen LogP contribution in [0.4, 0.5) is 4.39 Å². The van der Waals surface area contributed by atoms with Gasteiger partial charge in [0, 0.05) is 17.8 Å². The van der Waals surface area contributed by atoms with E-state index in [0.29, 0.717) is 12.8 Å². The van der Waals surface area contributed by atoms with Gasteiger partial charge < -0.3 is 4.74 Å². The Kier molecular flexibility index (Phi) is 4.91. The molecule has 0 aliphatic heterocycles. The van der Waals surface area contributed by atoms with Crippen LogP contribution >= 0.6 is 0 Å². The summed E-state index contributed by atoms with van der Waals surface area (Å²) in [7, 11) is 0. The molecule has 3 aliphatic rings. The van der Waals surface area contributed by atoms with E-state index in [1.54, 1.807) is 6.08 Å². The van der Waals surface area contributed by atoms with Gasteiger partial charge in [-0.1, -0.05) is 45.6 Å². The van der Waals surface area contributed by atoms with Crippen LogP contribution in [-0.4, -0.2) is 24.5 Å². The van der Waals surface area contributed by atoms with Crippen molar-refractivity contribution in [1.82, 2.24) is 0 Å². The number of rotatable bonds is 4. The average molecular weight is 362 g/mol. The van der Waals surface area contributed by atoms with Gasteiger partial charge in [-0.3, -0.25) is 4.79 Å². The minimum Gasteiger partial charge on any atom is -0.460 e. The molecule has 0 amide bonds. The summed E-state index contributed by atoms with van der Waals surface area (Å²) in [5.41, 5.74) is 0.391. The first-order valence-corrected chi connectivity index (χ1v) is 9.81. The second-order valence-corrected chi connectivity index (χ2v) is 8.96. The number of carbonyl (C=O) groups is 2. The Labute approximate surface area is 156 Å². The van der Waals surface area contributed by atoms with Gasteiger partial charge in [-0.25, -0.2) is 9.18 Å². The highest BCUT2D eigenvalue weighted by molar-refractivity contribution is 5.85. The monoisotopic (exact) mass is 362 g/mol. The van der Waals surface area contributed by atoms with Gasteiger partial charge in [0.1, 0.15) is 11.9 Å². The maximum atomic E-state index is 13.1. The highest BCUT2D eigenvalue weighted by Gasteiger charge is 2.67. The van der Waals surface area contributed by atoms with E-state index in [9.17, 15) is 14.0 Å². The third-order valence-corrected chi connectivity index (χ3v) is 8.25. The van der Waals surface area contributed by atoms with Crippen LogP contribution in [0.1, 0.15) is 52.9 Å². The van der Waals surface area contributed by atoms with E-state index in [2.05, 4.69) is 33.9 Å². The summed E-state index contributed by atoms with van der Waals surface area (Å²) in [5.74, 6) is -0.0905. The fourth-order valence-electron chi connectivity index (χ4n) is 6.58. The summed E-state index contributed by atoms with van der Waals surface area (Å²) < 4.78 is 18.6. The van der Waals surface area contributed by atoms with Crippen LogP contribution in [0.2, 0.25) is 0 Å². The van der Waals surface area contributed by atoms with E-state index in [1.807, 2.05) is 0 Å². The molecule has 4 heteroatoms. The molecule has 3 aliphatic carbocycles. The molecule has 0 saturated heterocycles. The van der Waals surface area contributed by atoms with Crippen molar-refractivity contribution >= 4 is 11.8 Å². The lowest BCUT2D eigenvalue weighted by molar-refractivity contribution is -0.175. The zero-order valence-corrected chi connectivity index (χ0v) is 16.2. The Hall–Kier alpha value is -1.45. The lowest BCUT2D eigenvalue weighted by Crippen LogP contribution is -2.55. The SMILES string of the molecule is C=CC(=C)[C@@H]1C[C@@H](OC(=O)CF)[C@]2(C)[C@H](C)CC[C@]3(CCC(=O)[C@H]32)[C@H]1C. The third-order valence-electron chi connectivity index (χ3n) is 8.25. The van der Waals surface area contributed by atoms with E-state index in [1.165, 1.54) is 0 Å². The molecule has 0 heterocycles. The highest BCUT2D eigenvalue weighted by atomic mass is 19.1.